The van der Waals surface area contributed by atoms with Gasteiger partial charge in [-0.3, -0.25) is 4.90 Å². The Morgan fingerprint density at radius 3 is 2.44 bits per heavy atom. The lowest BCUT2D eigenvalue weighted by atomic mass is 10.00. The van der Waals surface area contributed by atoms with Crippen molar-refractivity contribution in [2.45, 2.75) is 65.5 Å². The van der Waals surface area contributed by atoms with Crippen molar-refractivity contribution in [3.63, 3.8) is 0 Å². The second-order valence-corrected chi connectivity index (χ2v) is 6.35. The Balaban J connectivity index is 2.22. The second kappa shape index (κ2) is 6.02. The van der Waals surface area contributed by atoms with Gasteiger partial charge in [0, 0.05) is 11.6 Å². The molecule has 1 aliphatic rings. The van der Waals surface area contributed by atoms with Gasteiger partial charge in [0.05, 0.1) is 0 Å². The summed E-state index contributed by atoms with van der Waals surface area (Å²) in [5.74, 6) is 0.763. The molecule has 96 valence electrons. The van der Waals surface area contributed by atoms with Crippen LogP contribution in [0.5, 0.6) is 0 Å². The molecular formula is C14H30N2. The molecule has 1 unspecified atom stereocenters. The highest BCUT2D eigenvalue weighted by atomic mass is 15.2. The molecule has 1 heterocycles. The number of hydrogen-bond acceptors (Lipinski definition) is 2. The van der Waals surface area contributed by atoms with Crippen LogP contribution in [0, 0.1) is 5.92 Å². The highest BCUT2D eigenvalue weighted by Crippen LogP contribution is 2.30. The fraction of sp³-hybridized carbons (Fsp3) is 1.00. The lowest BCUT2D eigenvalue weighted by Gasteiger charge is -2.36. The zero-order valence-corrected chi connectivity index (χ0v) is 11.8. The molecule has 2 nitrogen and oxygen atoms in total. The Morgan fingerprint density at radius 1 is 1.25 bits per heavy atom. The number of nitrogens with zero attached hydrogens (tertiary/aromatic N) is 1. The van der Waals surface area contributed by atoms with Crippen LogP contribution in [-0.2, 0) is 0 Å². The predicted octanol–water partition coefficient (Wildman–Crippen LogP) is 2.89. The summed E-state index contributed by atoms with van der Waals surface area (Å²) in [5, 5.41) is 3.54. The van der Waals surface area contributed by atoms with Gasteiger partial charge in [0.1, 0.15) is 0 Å². The Bertz CT molecular complexity index is 199. The molecule has 0 bridgehead atoms. The van der Waals surface area contributed by atoms with Crippen LogP contribution in [0.2, 0.25) is 0 Å². The minimum absolute atomic E-state index is 0.428. The van der Waals surface area contributed by atoms with E-state index < -0.39 is 0 Å². The van der Waals surface area contributed by atoms with E-state index in [1.54, 1.807) is 0 Å². The molecule has 1 aliphatic heterocycles. The highest BCUT2D eigenvalue weighted by Gasteiger charge is 2.34. The zero-order valence-electron chi connectivity index (χ0n) is 11.8. The zero-order chi connectivity index (χ0) is 12.2. The monoisotopic (exact) mass is 226 g/mol. The summed E-state index contributed by atoms with van der Waals surface area (Å²) < 4.78 is 0. The molecule has 0 amide bonds. The average Bonchev–Trinajstić information content (AvgIpc) is 2.52. The van der Waals surface area contributed by atoms with Gasteiger partial charge >= 0.3 is 0 Å². The van der Waals surface area contributed by atoms with Gasteiger partial charge in [0.15, 0.2) is 0 Å². The maximum absolute atomic E-state index is 3.54. The Kier molecular flexibility index (Phi) is 5.26. The molecular weight excluding hydrogens is 196 g/mol. The van der Waals surface area contributed by atoms with Gasteiger partial charge in [-0.1, -0.05) is 13.8 Å². The molecule has 0 aliphatic carbocycles. The molecule has 0 saturated carbocycles. The van der Waals surface area contributed by atoms with E-state index >= 15 is 0 Å². The molecule has 1 saturated heterocycles. The van der Waals surface area contributed by atoms with E-state index in [0.717, 1.165) is 25.0 Å². The average molecular weight is 226 g/mol. The van der Waals surface area contributed by atoms with Crippen molar-refractivity contribution in [1.82, 2.24) is 10.2 Å². The van der Waals surface area contributed by atoms with E-state index in [1.807, 2.05) is 0 Å². The van der Waals surface area contributed by atoms with E-state index in [4.69, 9.17) is 0 Å². The van der Waals surface area contributed by atoms with Crippen LogP contribution in [-0.4, -0.2) is 36.1 Å². The lowest BCUT2D eigenvalue weighted by molar-refractivity contribution is 0.119. The maximum Gasteiger partial charge on any atom is 0.0156 e. The van der Waals surface area contributed by atoms with E-state index in [1.165, 1.54) is 25.8 Å². The molecule has 16 heavy (non-hydrogen) atoms. The first-order valence-corrected chi connectivity index (χ1v) is 6.91. The molecule has 0 radical (unpaired) electrons. The minimum atomic E-state index is 0.428. The summed E-state index contributed by atoms with van der Waals surface area (Å²) in [5.41, 5.74) is 0.428. The van der Waals surface area contributed by atoms with Crippen LogP contribution in [0.15, 0.2) is 0 Å². The van der Waals surface area contributed by atoms with Gasteiger partial charge in [-0.05, 0) is 65.6 Å². The van der Waals surface area contributed by atoms with E-state index in [2.05, 4.69) is 44.8 Å². The van der Waals surface area contributed by atoms with Crippen molar-refractivity contribution >= 4 is 0 Å². The van der Waals surface area contributed by atoms with Gasteiger partial charge in [-0.25, -0.2) is 0 Å². The largest absolute Gasteiger partial charge is 0.316 e. The summed E-state index contributed by atoms with van der Waals surface area (Å²) in [7, 11) is 0. The number of hydrogen-bond donors (Lipinski definition) is 1. The van der Waals surface area contributed by atoms with E-state index in [-0.39, 0.29) is 0 Å². The normalized spacial score (nSPS) is 22.9. The van der Waals surface area contributed by atoms with Gasteiger partial charge in [-0.15, -0.1) is 0 Å². The van der Waals surface area contributed by atoms with Gasteiger partial charge in [-0.2, -0.15) is 0 Å². The van der Waals surface area contributed by atoms with Gasteiger partial charge < -0.3 is 5.32 Å². The standard InChI is InChI=1S/C14H30N2/c1-12(2)11-15-9-7-13(3)16-10-6-8-14(16,4)5/h12-13,15H,6-11H2,1-5H3. The van der Waals surface area contributed by atoms with Gasteiger partial charge in [0.2, 0.25) is 0 Å². The van der Waals surface area contributed by atoms with Crippen LogP contribution >= 0.6 is 0 Å². The van der Waals surface area contributed by atoms with Crippen molar-refractivity contribution in [2.75, 3.05) is 19.6 Å². The van der Waals surface area contributed by atoms with E-state index in [0.29, 0.717) is 5.54 Å². The third kappa shape index (κ3) is 4.06. The molecule has 2 heteroatoms. The molecule has 0 aromatic rings. The van der Waals surface area contributed by atoms with Crippen LogP contribution in [0.3, 0.4) is 0 Å². The first-order chi connectivity index (χ1) is 7.43. The molecule has 1 atom stereocenters. The molecule has 1 rings (SSSR count). The van der Waals surface area contributed by atoms with Crippen molar-refractivity contribution in [1.29, 1.82) is 0 Å². The van der Waals surface area contributed by atoms with Crippen molar-refractivity contribution in [2.24, 2.45) is 5.92 Å². The Morgan fingerprint density at radius 2 is 1.94 bits per heavy atom. The minimum Gasteiger partial charge on any atom is -0.316 e. The first-order valence-electron chi connectivity index (χ1n) is 6.91. The quantitative estimate of drug-likeness (QED) is 0.701. The van der Waals surface area contributed by atoms with Crippen molar-refractivity contribution in [3.8, 4) is 0 Å². The van der Waals surface area contributed by atoms with Crippen LogP contribution in [0.25, 0.3) is 0 Å². The SMILES string of the molecule is CC(C)CNCCC(C)N1CCCC1(C)C. The molecule has 0 aromatic heterocycles. The molecule has 1 N–H and O–H groups in total. The van der Waals surface area contributed by atoms with Crippen molar-refractivity contribution < 1.29 is 0 Å². The topological polar surface area (TPSA) is 15.3 Å². The number of likely N-dealkylation sites (tertiary alicyclic amines) is 1. The van der Waals surface area contributed by atoms with Gasteiger partial charge in [0.25, 0.3) is 0 Å². The van der Waals surface area contributed by atoms with Crippen LogP contribution in [0.4, 0.5) is 0 Å². The predicted molar refractivity (Wildman–Crippen MR) is 71.8 cm³/mol. The Labute approximate surface area is 102 Å². The lowest BCUT2D eigenvalue weighted by Crippen LogP contribution is -2.45. The molecule has 0 spiro atoms. The summed E-state index contributed by atoms with van der Waals surface area (Å²) in [6.45, 7) is 15.3. The number of nitrogens with one attached hydrogen (secondary N) is 1. The molecule has 0 aromatic carbocycles. The summed E-state index contributed by atoms with van der Waals surface area (Å²) >= 11 is 0. The summed E-state index contributed by atoms with van der Waals surface area (Å²) in [4.78, 5) is 2.68. The fourth-order valence-electron chi connectivity index (χ4n) is 2.80. The maximum atomic E-state index is 3.54. The third-order valence-corrected chi connectivity index (χ3v) is 3.79. The number of rotatable bonds is 6. The van der Waals surface area contributed by atoms with Crippen molar-refractivity contribution in [3.05, 3.63) is 0 Å². The fourth-order valence-corrected chi connectivity index (χ4v) is 2.80. The summed E-state index contributed by atoms with van der Waals surface area (Å²) in [6, 6.07) is 0.720. The van der Waals surface area contributed by atoms with E-state index in [9.17, 15) is 0 Å². The molecule has 1 fully saturated rings. The Hall–Kier alpha value is -0.0800. The summed E-state index contributed by atoms with van der Waals surface area (Å²) in [6.07, 6.45) is 4.00. The van der Waals surface area contributed by atoms with Crippen LogP contribution < -0.4 is 5.32 Å². The third-order valence-electron chi connectivity index (χ3n) is 3.79. The first kappa shape index (κ1) is 14.0. The van der Waals surface area contributed by atoms with Crippen LogP contribution in [0.1, 0.15) is 53.9 Å². The second-order valence-electron chi connectivity index (χ2n) is 6.35. The highest BCUT2D eigenvalue weighted by molar-refractivity contribution is 4.90. The smallest absolute Gasteiger partial charge is 0.0156 e.